The molecule has 2 aromatic heterocycles. The van der Waals surface area contributed by atoms with Crippen LogP contribution in [0.5, 0.6) is 0 Å². The van der Waals surface area contributed by atoms with Crippen LogP contribution in [-0.2, 0) is 20.7 Å². The zero-order valence-corrected chi connectivity index (χ0v) is 21.8. The summed E-state index contributed by atoms with van der Waals surface area (Å²) in [6, 6.07) is 9.93. The third-order valence-electron chi connectivity index (χ3n) is 8.27. The minimum absolute atomic E-state index is 0.0630. The average Bonchev–Trinajstić information content (AvgIpc) is 3.70. The van der Waals surface area contributed by atoms with E-state index in [0.29, 0.717) is 39.0 Å². The Balaban J connectivity index is 1.03. The molecule has 202 valence electrons. The fraction of sp³-hybridized carbons (Fsp3) is 0.552. The van der Waals surface area contributed by atoms with Gasteiger partial charge in [-0.3, -0.25) is 14.4 Å². The van der Waals surface area contributed by atoms with Gasteiger partial charge in [0.2, 0.25) is 0 Å². The first-order valence-electron chi connectivity index (χ1n) is 14.0. The lowest BCUT2D eigenvalue weighted by Gasteiger charge is -2.26. The number of unbranched alkanes of at least 4 members (excludes halogenated alkanes) is 1. The number of nitrogens with one attached hydrogen (secondary N) is 1. The highest BCUT2D eigenvalue weighted by molar-refractivity contribution is 5.88. The van der Waals surface area contributed by atoms with Crippen LogP contribution in [0.3, 0.4) is 0 Å². The molecule has 2 fully saturated rings. The minimum Gasteiger partial charge on any atom is -0.480 e. The van der Waals surface area contributed by atoms with E-state index in [4.69, 9.17) is 9.47 Å². The highest BCUT2D eigenvalue weighted by Gasteiger charge is 2.36. The number of carboxylic acid groups (broad SMARTS) is 1. The second kappa shape index (κ2) is 11.4. The van der Waals surface area contributed by atoms with Crippen molar-refractivity contribution in [2.45, 2.75) is 69.2 Å². The molecule has 3 aliphatic heterocycles. The molecule has 9 heteroatoms. The fourth-order valence-electron chi connectivity index (χ4n) is 6.28. The number of likely N-dealkylation sites (tertiary alicyclic amines) is 1. The molecule has 4 unspecified atom stereocenters. The Hall–Kier alpha value is -3.01. The van der Waals surface area contributed by atoms with Crippen LogP contribution in [0.4, 0.5) is 5.82 Å². The van der Waals surface area contributed by atoms with E-state index in [-0.39, 0.29) is 12.1 Å². The predicted molar refractivity (Wildman–Crippen MR) is 144 cm³/mol. The normalized spacial score (nSPS) is 24.4. The van der Waals surface area contributed by atoms with Gasteiger partial charge >= 0.3 is 5.97 Å². The number of aryl methyl sites for hydroxylation is 1. The molecule has 5 heterocycles. The van der Waals surface area contributed by atoms with E-state index in [1.807, 2.05) is 41.3 Å². The van der Waals surface area contributed by atoms with Crippen LogP contribution >= 0.6 is 0 Å². The van der Waals surface area contributed by atoms with Crippen molar-refractivity contribution < 1.29 is 19.4 Å². The van der Waals surface area contributed by atoms with Gasteiger partial charge in [0.05, 0.1) is 30.5 Å². The number of anilines is 1. The van der Waals surface area contributed by atoms with Crippen molar-refractivity contribution in [3.05, 3.63) is 53.9 Å². The number of rotatable bonds is 10. The van der Waals surface area contributed by atoms with Crippen LogP contribution in [0.15, 0.2) is 42.7 Å². The van der Waals surface area contributed by atoms with Crippen LogP contribution in [0, 0.1) is 0 Å². The molecule has 3 aromatic rings. The lowest BCUT2D eigenvalue weighted by molar-refractivity contribution is -0.143. The molecule has 0 saturated carbocycles. The highest BCUT2D eigenvalue weighted by atomic mass is 16.5. The van der Waals surface area contributed by atoms with Crippen LogP contribution in [0.25, 0.3) is 10.9 Å². The first-order valence-corrected chi connectivity index (χ1v) is 14.0. The molecule has 3 aliphatic rings. The molecule has 2 saturated heterocycles. The summed E-state index contributed by atoms with van der Waals surface area (Å²) in [6.07, 6.45) is 10.9. The lowest BCUT2D eigenvalue weighted by atomic mass is 9.97. The number of nitrogens with zero attached hydrogens (tertiary/aromatic N) is 4. The van der Waals surface area contributed by atoms with Crippen molar-refractivity contribution in [1.29, 1.82) is 0 Å². The summed E-state index contributed by atoms with van der Waals surface area (Å²) in [4.78, 5) is 19.1. The molecule has 4 atom stereocenters. The topological polar surface area (TPSA) is 102 Å². The number of aromatic nitrogens is 3. The molecular formula is C29H37N5O4. The van der Waals surface area contributed by atoms with Gasteiger partial charge in [0.15, 0.2) is 0 Å². The van der Waals surface area contributed by atoms with Gasteiger partial charge in [0.25, 0.3) is 0 Å². The Morgan fingerprint density at radius 1 is 1.21 bits per heavy atom. The Bertz CT molecular complexity index is 1260. The van der Waals surface area contributed by atoms with Crippen molar-refractivity contribution in [1.82, 2.24) is 19.7 Å². The molecule has 1 aromatic carbocycles. The molecular weight excluding hydrogens is 482 g/mol. The summed E-state index contributed by atoms with van der Waals surface area (Å²) in [5.41, 5.74) is 3.02. The largest absolute Gasteiger partial charge is 0.480 e. The maximum absolute atomic E-state index is 12.6. The number of carbonyl (C=O) groups is 1. The van der Waals surface area contributed by atoms with E-state index in [1.54, 1.807) is 0 Å². The average molecular weight is 520 g/mol. The van der Waals surface area contributed by atoms with Crippen molar-refractivity contribution >= 4 is 22.7 Å². The molecule has 6 rings (SSSR count). The van der Waals surface area contributed by atoms with Gasteiger partial charge in [-0.1, -0.05) is 24.3 Å². The Morgan fingerprint density at radius 2 is 2.16 bits per heavy atom. The molecule has 2 N–H and O–H groups in total. The summed E-state index contributed by atoms with van der Waals surface area (Å²) >= 11 is 0. The molecule has 0 radical (unpaired) electrons. The quantitative estimate of drug-likeness (QED) is 0.384. The van der Waals surface area contributed by atoms with E-state index in [9.17, 15) is 9.90 Å². The first kappa shape index (κ1) is 25.3. The third-order valence-corrected chi connectivity index (χ3v) is 8.27. The summed E-state index contributed by atoms with van der Waals surface area (Å²) < 4.78 is 13.8. The van der Waals surface area contributed by atoms with Gasteiger partial charge in [0, 0.05) is 49.5 Å². The number of aliphatic carboxylic acids is 1. The molecule has 0 spiro atoms. The van der Waals surface area contributed by atoms with Gasteiger partial charge in [0.1, 0.15) is 11.9 Å². The SMILES string of the molecule is O=C(O)C(c1cccc2cnn(C3CCOC3)c12)N1CCC(OCCCCC2CCc3cccnc3N2)C1. The van der Waals surface area contributed by atoms with Gasteiger partial charge in [-0.2, -0.15) is 5.10 Å². The summed E-state index contributed by atoms with van der Waals surface area (Å²) in [7, 11) is 0. The van der Waals surface area contributed by atoms with Gasteiger partial charge in [-0.25, -0.2) is 4.98 Å². The van der Waals surface area contributed by atoms with Gasteiger partial charge < -0.3 is 19.9 Å². The zero-order chi connectivity index (χ0) is 25.9. The van der Waals surface area contributed by atoms with Crippen LogP contribution < -0.4 is 5.32 Å². The van der Waals surface area contributed by atoms with Crippen LogP contribution in [0.1, 0.15) is 61.7 Å². The van der Waals surface area contributed by atoms with E-state index >= 15 is 0 Å². The first-order chi connectivity index (χ1) is 18.7. The molecule has 0 bridgehead atoms. The number of benzene rings is 1. The molecule has 0 amide bonds. The summed E-state index contributed by atoms with van der Waals surface area (Å²) in [5.74, 6) is 0.207. The number of ether oxygens (including phenoxy) is 2. The van der Waals surface area contributed by atoms with Crippen molar-refractivity contribution in [3.8, 4) is 0 Å². The van der Waals surface area contributed by atoms with Crippen molar-refractivity contribution in [3.63, 3.8) is 0 Å². The number of pyridine rings is 1. The standard InChI is InChI=1S/C29H37N5O4/c35-29(36)27(25-8-3-5-21-17-31-34(26(21)25)23-12-16-37-19-23)33-14-11-24(18-33)38-15-2-1-7-22-10-9-20-6-4-13-30-28(20)32-22/h3-6,8,13,17,22-24,27H,1-2,7,9-12,14-16,18-19H2,(H,30,32)(H,35,36). The van der Waals surface area contributed by atoms with Gasteiger partial charge in [-0.15, -0.1) is 0 Å². The Kier molecular flexibility index (Phi) is 7.58. The lowest BCUT2D eigenvalue weighted by Crippen LogP contribution is -2.34. The summed E-state index contributed by atoms with van der Waals surface area (Å²) in [6.45, 7) is 3.37. The van der Waals surface area contributed by atoms with E-state index in [2.05, 4.69) is 26.4 Å². The van der Waals surface area contributed by atoms with E-state index < -0.39 is 12.0 Å². The number of carboxylic acids is 1. The Labute approximate surface area is 223 Å². The molecule has 9 nitrogen and oxygen atoms in total. The number of para-hydroxylation sites is 1. The highest BCUT2D eigenvalue weighted by Crippen LogP contribution is 2.34. The van der Waals surface area contributed by atoms with Crippen LogP contribution in [-0.4, -0.2) is 75.8 Å². The maximum atomic E-state index is 12.6. The van der Waals surface area contributed by atoms with Crippen molar-refractivity contribution in [2.24, 2.45) is 0 Å². The molecule has 38 heavy (non-hydrogen) atoms. The number of hydrogen-bond acceptors (Lipinski definition) is 7. The maximum Gasteiger partial charge on any atom is 0.325 e. The number of fused-ring (bicyclic) bond motifs is 2. The zero-order valence-electron chi connectivity index (χ0n) is 21.8. The van der Waals surface area contributed by atoms with Gasteiger partial charge in [-0.05, 0) is 56.6 Å². The number of hydrogen-bond donors (Lipinski definition) is 2. The second-order valence-electron chi connectivity index (χ2n) is 10.8. The fourth-order valence-corrected chi connectivity index (χ4v) is 6.28. The van der Waals surface area contributed by atoms with E-state index in [0.717, 1.165) is 67.2 Å². The second-order valence-corrected chi connectivity index (χ2v) is 10.8. The third kappa shape index (κ3) is 5.28. The monoisotopic (exact) mass is 519 g/mol. The predicted octanol–water partition coefficient (Wildman–Crippen LogP) is 4.21. The van der Waals surface area contributed by atoms with E-state index in [1.165, 1.54) is 5.56 Å². The van der Waals surface area contributed by atoms with Crippen molar-refractivity contribution in [2.75, 3.05) is 38.2 Å². The Morgan fingerprint density at radius 3 is 3.03 bits per heavy atom. The van der Waals surface area contributed by atoms with Crippen LogP contribution in [0.2, 0.25) is 0 Å². The minimum atomic E-state index is -0.829. The molecule has 0 aliphatic carbocycles. The smallest absolute Gasteiger partial charge is 0.325 e. The summed E-state index contributed by atoms with van der Waals surface area (Å²) in [5, 5.41) is 19.5.